The van der Waals surface area contributed by atoms with E-state index in [0.717, 1.165) is 23.3 Å². The Balaban J connectivity index is 2.57. The van der Waals surface area contributed by atoms with Crippen LogP contribution >= 0.6 is 0 Å². The number of pyridine rings is 1. The number of aromatic nitrogens is 1. The van der Waals surface area contributed by atoms with E-state index in [1.807, 2.05) is 25.1 Å². The maximum atomic E-state index is 11.1. The second-order valence-corrected chi connectivity index (χ2v) is 2.63. The van der Waals surface area contributed by atoms with Gasteiger partial charge in [0.15, 0.2) is 11.9 Å². The first-order valence-electron chi connectivity index (χ1n) is 4.13. The fourth-order valence-electron chi connectivity index (χ4n) is 1.06. The van der Waals surface area contributed by atoms with E-state index in [2.05, 4.69) is 6.08 Å². The largest absolute Gasteiger partial charge is 0.619 e. The number of allylic oxidation sites excluding steroid dienone is 2. The molecule has 2 heteroatoms. The van der Waals surface area contributed by atoms with Crippen molar-refractivity contribution in [2.75, 3.05) is 0 Å². The van der Waals surface area contributed by atoms with Gasteiger partial charge >= 0.3 is 0 Å². The average Bonchev–Trinajstić information content (AvgIpc) is 2.09. The maximum Gasteiger partial charge on any atom is 0.193 e. The van der Waals surface area contributed by atoms with Crippen molar-refractivity contribution >= 4 is 0 Å². The van der Waals surface area contributed by atoms with Crippen LogP contribution in [0, 0.1) is 5.21 Å². The minimum atomic E-state index is 0.814. The van der Waals surface area contributed by atoms with E-state index in [4.69, 9.17) is 0 Å². The Morgan fingerprint density at radius 1 is 1.50 bits per heavy atom. The van der Waals surface area contributed by atoms with E-state index < -0.39 is 0 Å². The van der Waals surface area contributed by atoms with Gasteiger partial charge in [-0.05, 0) is 13.3 Å². The molecule has 0 aromatic carbocycles. The molecule has 0 aliphatic carbocycles. The fraction of sp³-hybridized carbons (Fsp3) is 0.300. The monoisotopic (exact) mass is 163 g/mol. The van der Waals surface area contributed by atoms with Crippen molar-refractivity contribution in [2.45, 2.75) is 19.8 Å². The molecule has 12 heavy (non-hydrogen) atoms. The molecular weight excluding hydrogens is 150 g/mol. The number of aryl methyl sites for hydroxylation is 1. The van der Waals surface area contributed by atoms with Crippen LogP contribution in [0.1, 0.15) is 19.0 Å². The van der Waals surface area contributed by atoms with Crippen LogP contribution in [0.5, 0.6) is 0 Å². The van der Waals surface area contributed by atoms with Crippen LogP contribution in [0.3, 0.4) is 0 Å². The Morgan fingerprint density at radius 3 is 3.00 bits per heavy atom. The van der Waals surface area contributed by atoms with Gasteiger partial charge in [-0.15, -0.1) is 0 Å². The van der Waals surface area contributed by atoms with Crippen LogP contribution in [-0.2, 0) is 6.42 Å². The predicted molar refractivity (Wildman–Crippen MR) is 48.5 cm³/mol. The Hall–Kier alpha value is -1.31. The lowest BCUT2D eigenvalue weighted by Gasteiger charge is -2.00. The van der Waals surface area contributed by atoms with Gasteiger partial charge in [-0.3, -0.25) is 0 Å². The van der Waals surface area contributed by atoms with Crippen LogP contribution in [0.4, 0.5) is 0 Å². The van der Waals surface area contributed by atoms with Gasteiger partial charge in [-0.25, -0.2) is 0 Å². The molecule has 0 saturated heterocycles. The summed E-state index contributed by atoms with van der Waals surface area (Å²) < 4.78 is 0.920. The van der Waals surface area contributed by atoms with Gasteiger partial charge in [-0.2, -0.15) is 4.73 Å². The van der Waals surface area contributed by atoms with Crippen LogP contribution in [0.25, 0.3) is 0 Å². The lowest BCUT2D eigenvalue weighted by atomic mass is 10.2. The molecule has 1 heterocycles. The third-order valence-corrected chi connectivity index (χ3v) is 1.71. The van der Waals surface area contributed by atoms with Crippen molar-refractivity contribution in [2.24, 2.45) is 0 Å². The quantitative estimate of drug-likeness (QED) is 0.379. The highest BCUT2D eigenvalue weighted by Crippen LogP contribution is 1.96. The van der Waals surface area contributed by atoms with Gasteiger partial charge in [0.05, 0.1) is 0 Å². The van der Waals surface area contributed by atoms with Crippen LogP contribution in [0.2, 0.25) is 0 Å². The minimum Gasteiger partial charge on any atom is -0.619 e. The molecule has 64 valence electrons. The Kier molecular flexibility index (Phi) is 3.33. The minimum absolute atomic E-state index is 0.814. The summed E-state index contributed by atoms with van der Waals surface area (Å²) in [6.07, 6.45) is 7.34. The lowest BCUT2D eigenvalue weighted by Crippen LogP contribution is -2.30. The molecule has 0 amide bonds. The highest BCUT2D eigenvalue weighted by atomic mass is 16.5. The number of hydrogen-bond acceptors (Lipinski definition) is 1. The van der Waals surface area contributed by atoms with Crippen molar-refractivity contribution in [3.8, 4) is 0 Å². The van der Waals surface area contributed by atoms with E-state index in [9.17, 15) is 5.21 Å². The van der Waals surface area contributed by atoms with Crippen molar-refractivity contribution in [1.82, 2.24) is 0 Å². The lowest BCUT2D eigenvalue weighted by molar-refractivity contribution is -0.614. The molecule has 1 rings (SSSR count). The summed E-state index contributed by atoms with van der Waals surface area (Å²) in [5, 5.41) is 11.1. The maximum absolute atomic E-state index is 11.1. The van der Waals surface area contributed by atoms with Crippen molar-refractivity contribution in [1.29, 1.82) is 0 Å². The molecule has 0 bridgehead atoms. The van der Waals surface area contributed by atoms with Gasteiger partial charge in [0.1, 0.15) is 0 Å². The predicted octanol–water partition coefficient (Wildman–Crippen LogP) is 1.83. The number of hydrogen-bond donors (Lipinski definition) is 0. The highest BCUT2D eigenvalue weighted by molar-refractivity contribution is 4.99. The van der Waals surface area contributed by atoms with Gasteiger partial charge in [0.25, 0.3) is 0 Å². The van der Waals surface area contributed by atoms with Crippen LogP contribution < -0.4 is 4.73 Å². The summed E-state index contributed by atoms with van der Waals surface area (Å²) in [6.45, 7) is 1.98. The SMILES string of the molecule is C/C=C/CCc1cccc[n+]1[O-]. The van der Waals surface area contributed by atoms with E-state index in [1.165, 1.54) is 6.20 Å². The van der Waals surface area contributed by atoms with Gasteiger partial charge in [0.2, 0.25) is 0 Å². The van der Waals surface area contributed by atoms with Crippen LogP contribution in [0.15, 0.2) is 36.5 Å². The summed E-state index contributed by atoms with van der Waals surface area (Å²) in [4.78, 5) is 0. The summed E-state index contributed by atoms with van der Waals surface area (Å²) in [7, 11) is 0. The summed E-state index contributed by atoms with van der Waals surface area (Å²) in [5.41, 5.74) is 0.829. The topological polar surface area (TPSA) is 26.9 Å². The molecule has 2 nitrogen and oxygen atoms in total. The standard InChI is InChI=1S/C10H13NO/c1-2-3-4-7-10-8-5-6-9-11(10)12/h2-3,5-6,8-9H,4,7H2,1H3/b3-2+. The first kappa shape index (κ1) is 8.78. The molecule has 1 aromatic heterocycles. The molecular formula is C10H13NO. The highest BCUT2D eigenvalue weighted by Gasteiger charge is 1.99. The summed E-state index contributed by atoms with van der Waals surface area (Å²) >= 11 is 0. The van der Waals surface area contributed by atoms with E-state index in [1.54, 1.807) is 6.07 Å². The number of rotatable bonds is 3. The van der Waals surface area contributed by atoms with E-state index in [-0.39, 0.29) is 0 Å². The molecule has 0 saturated carbocycles. The van der Waals surface area contributed by atoms with Crippen molar-refractivity contribution in [3.63, 3.8) is 0 Å². The Morgan fingerprint density at radius 2 is 2.33 bits per heavy atom. The zero-order valence-electron chi connectivity index (χ0n) is 7.23. The average molecular weight is 163 g/mol. The van der Waals surface area contributed by atoms with Crippen molar-refractivity contribution in [3.05, 3.63) is 47.4 Å². The smallest absolute Gasteiger partial charge is 0.193 e. The Bertz CT molecular complexity index is 268. The van der Waals surface area contributed by atoms with E-state index >= 15 is 0 Å². The van der Waals surface area contributed by atoms with Gasteiger partial charge in [0, 0.05) is 18.6 Å². The molecule has 1 aromatic rings. The van der Waals surface area contributed by atoms with Gasteiger partial charge in [-0.1, -0.05) is 18.2 Å². The van der Waals surface area contributed by atoms with Crippen LogP contribution in [-0.4, -0.2) is 0 Å². The second-order valence-electron chi connectivity index (χ2n) is 2.63. The molecule has 0 aliphatic heterocycles. The summed E-state index contributed by atoms with van der Waals surface area (Å²) in [5.74, 6) is 0. The molecule has 0 aliphatic rings. The zero-order chi connectivity index (χ0) is 8.81. The van der Waals surface area contributed by atoms with E-state index in [0.29, 0.717) is 0 Å². The first-order chi connectivity index (χ1) is 5.84. The molecule has 0 atom stereocenters. The Labute approximate surface area is 72.7 Å². The molecule has 0 N–H and O–H groups in total. The first-order valence-corrected chi connectivity index (χ1v) is 4.13. The number of nitrogens with zero attached hydrogens (tertiary/aromatic N) is 1. The normalized spacial score (nSPS) is 10.8. The molecule has 0 unspecified atom stereocenters. The molecule has 0 fully saturated rings. The third kappa shape index (κ3) is 2.38. The molecule has 0 spiro atoms. The van der Waals surface area contributed by atoms with Gasteiger partial charge < -0.3 is 5.21 Å². The second kappa shape index (κ2) is 4.54. The molecule has 0 radical (unpaired) electrons. The van der Waals surface area contributed by atoms with Crippen molar-refractivity contribution < 1.29 is 4.73 Å². The summed E-state index contributed by atoms with van der Waals surface area (Å²) in [6, 6.07) is 5.49. The fourth-order valence-corrected chi connectivity index (χ4v) is 1.06. The zero-order valence-corrected chi connectivity index (χ0v) is 7.23. The third-order valence-electron chi connectivity index (χ3n) is 1.71.